The van der Waals surface area contributed by atoms with Gasteiger partial charge in [0.05, 0.1) is 25.3 Å². The second-order valence-corrected chi connectivity index (χ2v) is 6.28. The van der Waals surface area contributed by atoms with Gasteiger partial charge in [0.25, 0.3) is 0 Å². The molecular formula is C14H28Cl2N4O3. The van der Waals surface area contributed by atoms with Crippen LogP contribution in [0.4, 0.5) is 0 Å². The SMILES string of the molecule is CC(C)(N)C(=O)N1CCN(CC(=O)N2CCOCC2)CC1.Cl.Cl. The number of hydrogen-bond donors (Lipinski definition) is 1. The van der Waals surface area contributed by atoms with Gasteiger partial charge in [-0.05, 0) is 13.8 Å². The molecule has 0 spiro atoms. The first-order chi connectivity index (χ1) is 9.88. The molecule has 0 aromatic carbocycles. The highest BCUT2D eigenvalue weighted by Crippen LogP contribution is 2.09. The summed E-state index contributed by atoms with van der Waals surface area (Å²) >= 11 is 0. The summed E-state index contributed by atoms with van der Waals surface area (Å²) in [4.78, 5) is 30.0. The lowest BCUT2D eigenvalue weighted by Gasteiger charge is -2.38. The highest BCUT2D eigenvalue weighted by molar-refractivity contribution is 5.86. The van der Waals surface area contributed by atoms with Gasteiger partial charge in [-0.2, -0.15) is 0 Å². The molecule has 23 heavy (non-hydrogen) atoms. The fraction of sp³-hybridized carbons (Fsp3) is 0.857. The third-order valence-electron chi connectivity index (χ3n) is 3.93. The predicted octanol–water partition coefficient (Wildman–Crippen LogP) is -0.430. The molecule has 9 heteroatoms. The monoisotopic (exact) mass is 370 g/mol. The van der Waals surface area contributed by atoms with Crippen molar-refractivity contribution in [1.29, 1.82) is 0 Å². The zero-order chi connectivity index (χ0) is 15.5. The van der Waals surface area contributed by atoms with E-state index in [1.54, 1.807) is 18.7 Å². The average molecular weight is 371 g/mol. The molecule has 2 amide bonds. The van der Waals surface area contributed by atoms with E-state index in [1.807, 2.05) is 4.90 Å². The number of piperazine rings is 1. The summed E-state index contributed by atoms with van der Waals surface area (Å²) in [5.74, 6) is 0.124. The van der Waals surface area contributed by atoms with E-state index >= 15 is 0 Å². The first-order valence-corrected chi connectivity index (χ1v) is 7.54. The molecule has 2 aliphatic rings. The number of morpholine rings is 1. The molecule has 2 aliphatic heterocycles. The molecule has 2 N–H and O–H groups in total. The van der Waals surface area contributed by atoms with Gasteiger partial charge in [0.15, 0.2) is 0 Å². The number of nitrogens with two attached hydrogens (primary N) is 1. The molecule has 2 rings (SSSR count). The van der Waals surface area contributed by atoms with Crippen molar-refractivity contribution >= 4 is 36.6 Å². The van der Waals surface area contributed by atoms with Crippen molar-refractivity contribution in [1.82, 2.24) is 14.7 Å². The number of carbonyl (C=O) groups excluding carboxylic acids is 2. The van der Waals surface area contributed by atoms with Crippen LogP contribution in [-0.2, 0) is 14.3 Å². The lowest BCUT2D eigenvalue weighted by molar-refractivity contribution is -0.139. The Morgan fingerprint density at radius 3 is 1.96 bits per heavy atom. The van der Waals surface area contributed by atoms with Crippen molar-refractivity contribution in [3.63, 3.8) is 0 Å². The van der Waals surface area contributed by atoms with Gasteiger partial charge in [-0.25, -0.2) is 0 Å². The Morgan fingerprint density at radius 1 is 0.957 bits per heavy atom. The number of rotatable bonds is 3. The van der Waals surface area contributed by atoms with Crippen molar-refractivity contribution in [3.05, 3.63) is 0 Å². The van der Waals surface area contributed by atoms with Crippen LogP contribution in [0.2, 0.25) is 0 Å². The third kappa shape index (κ3) is 6.43. The Labute approximate surface area is 150 Å². The van der Waals surface area contributed by atoms with Crippen molar-refractivity contribution in [2.75, 3.05) is 59.0 Å². The molecule has 2 heterocycles. The highest BCUT2D eigenvalue weighted by Gasteiger charge is 2.31. The predicted molar refractivity (Wildman–Crippen MR) is 93.2 cm³/mol. The smallest absolute Gasteiger partial charge is 0.242 e. The molecular weight excluding hydrogens is 343 g/mol. The van der Waals surface area contributed by atoms with Crippen LogP contribution in [0.15, 0.2) is 0 Å². The average Bonchev–Trinajstić information content (AvgIpc) is 2.47. The first kappa shape index (κ1) is 22.4. The standard InChI is InChI=1S/C14H26N4O3.2ClH/c1-14(2,15)13(20)18-5-3-16(4-6-18)11-12(19)17-7-9-21-10-8-17;;/h3-11,15H2,1-2H3;2*1H. The van der Waals surface area contributed by atoms with Gasteiger partial charge in [-0.15, -0.1) is 24.8 Å². The Bertz CT molecular complexity index is 390. The van der Waals surface area contributed by atoms with E-state index in [9.17, 15) is 9.59 Å². The van der Waals surface area contributed by atoms with Crippen LogP contribution in [0.25, 0.3) is 0 Å². The molecule has 0 unspecified atom stereocenters. The summed E-state index contributed by atoms with van der Waals surface area (Å²) in [6, 6.07) is 0. The Kier molecular flexibility index (Phi) is 9.39. The fourth-order valence-corrected chi connectivity index (χ4v) is 2.62. The van der Waals surface area contributed by atoms with Crippen LogP contribution in [0, 0.1) is 0 Å². The molecule has 2 saturated heterocycles. The number of halogens is 2. The number of carbonyl (C=O) groups is 2. The summed E-state index contributed by atoms with van der Waals surface area (Å²) in [5, 5.41) is 0. The molecule has 0 aromatic rings. The van der Waals surface area contributed by atoms with Crippen molar-refractivity contribution < 1.29 is 14.3 Å². The first-order valence-electron chi connectivity index (χ1n) is 7.54. The van der Waals surface area contributed by atoms with Crippen LogP contribution in [0.5, 0.6) is 0 Å². The van der Waals surface area contributed by atoms with E-state index in [0.29, 0.717) is 45.9 Å². The lowest BCUT2D eigenvalue weighted by atomic mass is 10.0. The van der Waals surface area contributed by atoms with E-state index in [4.69, 9.17) is 10.5 Å². The molecule has 0 aromatic heterocycles. The quantitative estimate of drug-likeness (QED) is 0.729. The normalized spacial score (nSPS) is 19.6. The summed E-state index contributed by atoms with van der Waals surface area (Å²) in [6.45, 7) is 9.19. The number of nitrogens with zero attached hydrogens (tertiary/aromatic N) is 3. The molecule has 7 nitrogen and oxygen atoms in total. The minimum absolute atomic E-state index is 0. The van der Waals surface area contributed by atoms with Crippen LogP contribution in [0.1, 0.15) is 13.8 Å². The lowest BCUT2D eigenvalue weighted by Crippen LogP contribution is -2.58. The zero-order valence-electron chi connectivity index (χ0n) is 13.8. The Balaban J connectivity index is 0.00000242. The zero-order valence-corrected chi connectivity index (χ0v) is 15.5. The van der Waals surface area contributed by atoms with Crippen LogP contribution < -0.4 is 5.73 Å². The molecule has 0 radical (unpaired) electrons. The second kappa shape index (κ2) is 9.64. The van der Waals surface area contributed by atoms with Crippen molar-refractivity contribution in [2.45, 2.75) is 19.4 Å². The van der Waals surface area contributed by atoms with E-state index in [2.05, 4.69) is 4.90 Å². The Morgan fingerprint density at radius 2 is 1.48 bits per heavy atom. The third-order valence-corrected chi connectivity index (χ3v) is 3.93. The minimum atomic E-state index is -0.828. The maximum atomic E-state index is 12.2. The maximum Gasteiger partial charge on any atom is 0.242 e. The van der Waals surface area contributed by atoms with Gasteiger partial charge in [-0.1, -0.05) is 0 Å². The largest absolute Gasteiger partial charge is 0.378 e. The van der Waals surface area contributed by atoms with Crippen LogP contribution in [-0.4, -0.2) is 91.1 Å². The van der Waals surface area contributed by atoms with Crippen molar-refractivity contribution in [3.8, 4) is 0 Å². The van der Waals surface area contributed by atoms with Crippen LogP contribution >= 0.6 is 24.8 Å². The van der Waals surface area contributed by atoms with Crippen molar-refractivity contribution in [2.24, 2.45) is 5.73 Å². The van der Waals surface area contributed by atoms with E-state index < -0.39 is 5.54 Å². The summed E-state index contributed by atoms with van der Waals surface area (Å²) in [6.07, 6.45) is 0. The van der Waals surface area contributed by atoms with Gasteiger partial charge in [0, 0.05) is 39.3 Å². The van der Waals surface area contributed by atoms with Gasteiger partial charge in [-0.3, -0.25) is 14.5 Å². The number of amides is 2. The second-order valence-electron chi connectivity index (χ2n) is 6.28. The summed E-state index contributed by atoms with van der Waals surface area (Å²) in [7, 11) is 0. The van der Waals surface area contributed by atoms with Gasteiger partial charge >= 0.3 is 0 Å². The maximum absolute atomic E-state index is 12.2. The molecule has 0 atom stereocenters. The summed E-state index contributed by atoms with van der Waals surface area (Å²) in [5.41, 5.74) is 5.02. The molecule has 2 fully saturated rings. The molecule has 136 valence electrons. The topological polar surface area (TPSA) is 79.1 Å². The molecule has 0 saturated carbocycles. The fourth-order valence-electron chi connectivity index (χ4n) is 2.62. The summed E-state index contributed by atoms with van der Waals surface area (Å²) < 4.78 is 5.25. The van der Waals surface area contributed by atoms with Gasteiger partial charge < -0.3 is 20.3 Å². The van der Waals surface area contributed by atoms with Crippen LogP contribution in [0.3, 0.4) is 0 Å². The van der Waals surface area contributed by atoms with E-state index in [0.717, 1.165) is 13.1 Å². The highest BCUT2D eigenvalue weighted by atomic mass is 35.5. The van der Waals surface area contributed by atoms with Gasteiger partial charge in [0.2, 0.25) is 11.8 Å². The van der Waals surface area contributed by atoms with E-state index in [1.165, 1.54) is 0 Å². The molecule has 0 bridgehead atoms. The van der Waals surface area contributed by atoms with E-state index in [-0.39, 0.29) is 36.6 Å². The number of hydrogen-bond acceptors (Lipinski definition) is 5. The minimum Gasteiger partial charge on any atom is -0.378 e. The Hall–Kier alpha value is -0.600. The number of ether oxygens (including phenoxy) is 1. The molecule has 0 aliphatic carbocycles. The van der Waals surface area contributed by atoms with Gasteiger partial charge in [0.1, 0.15) is 0 Å².